The van der Waals surface area contributed by atoms with E-state index in [4.69, 9.17) is 9.47 Å². The van der Waals surface area contributed by atoms with Gasteiger partial charge in [-0.15, -0.1) is 0 Å². The molecule has 3 heterocycles. The maximum absolute atomic E-state index is 13.0. The number of nitrogens with zero attached hydrogens (tertiary/aromatic N) is 1. The fraction of sp³-hybridized carbons (Fsp3) is 0.565. The second-order valence-electron chi connectivity index (χ2n) is 8.67. The van der Waals surface area contributed by atoms with Crippen molar-refractivity contribution in [1.82, 2.24) is 9.88 Å². The van der Waals surface area contributed by atoms with Gasteiger partial charge >= 0.3 is 5.97 Å². The third-order valence-electron chi connectivity index (χ3n) is 7.20. The van der Waals surface area contributed by atoms with Crippen LogP contribution < -0.4 is 0 Å². The molecule has 1 aromatic carbocycles. The molecular weight excluding hydrogens is 368 g/mol. The molecule has 1 N–H and O–H groups in total. The lowest BCUT2D eigenvalue weighted by atomic mass is 9.83. The highest BCUT2D eigenvalue weighted by Crippen LogP contribution is 2.44. The number of esters is 1. The molecule has 1 spiro atoms. The first kappa shape index (κ1) is 18.7. The highest BCUT2D eigenvalue weighted by molar-refractivity contribution is 5.85. The summed E-state index contributed by atoms with van der Waals surface area (Å²) >= 11 is 0. The number of nitrogens with one attached hydrogen (secondary N) is 1. The lowest BCUT2D eigenvalue weighted by Gasteiger charge is -2.44. The third kappa shape index (κ3) is 3.05. The van der Waals surface area contributed by atoms with E-state index in [0.29, 0.717) is 19.5 Å². The smallest absolute Gasteiger partial charge is 0.308 e. The number of carbonyl (C=O) groups excluding carboxylic acids is 2. The number of methoxy groups -OCH3 is 1. The van der Waals surface area contributed by atoms with E-state index in [1.807, 2.05) is 4.90 Å². The molecule has 6 nitrogen and oxygen atoms in total. The van der Waals surface area contributed by atoms with E-state index >= 15 is 0 Å². The first-order valence-electron chi connectivity index (χ1n) is 10.7. The molecule has 29 heavy (non-hydrogen) atoms. The van der Waals surface area contributed by atoms with Crippen molar-refractivity contribution in [2.24, 2.45) is 11.8 Å². The Hall–Kier alpha value is -2.34. The number of piperidine rings is 1. The van der Waals surface area contributed by atoms with Crippen LogP contribution in [0.1, 0.15) is 43.4 Å². The van der Waals surface area contributed by atoms with Gasteiger partial charge in [-0.3, -0.25) is 9.59 Å². The Kier molecular flexibility index (Phi) is 4.62. The highest BCUT2D eigenvalue weighted by atomic mass is 16.5. The number of benzene rings is 1. The van der Waals surface area contributed by atoms with Crippen LogP contribution in [0.5, 0.6) is 0 Å². The van der Waals surface area contributed by atoms with Gasteiger partial charge in [0.1, 0.15) is 5.60 Å². The Morgan fingerprint density at radius 3 is 2.72 bits per heavy atom. The molecule has 5 rings (SSSR count). The van der Waals surface area contributed by atoms with Crippen LogP contribution in [-0.2, 0) is 31.1 Å². The molecule has 2 fully saturated rings. The molecule has 1 saturated heterocycles. The van der Waals surface area contributed by atoms with Crippen LogP contribution in [0, 0.1) is 11.8 Å². The predicted molar refractivity (Wildman–Crippen MR) is 108 cm³/mol. The lowest BCUT2D eigenvalue weighted by Crippen LogP contribution is -2.49. The van der Waals surface area contributed by atoms with Crippen molar-refractivity contribution in [3.8, 4) is 0 Å². The SMILES string of the molecule is COC(=O)[C@@H]1CC[C@H](C(=O)N2CCC3(CC2)OCCc2c3[nH]c3ccccc23)C1. The highest BCUT2D eigenvalue weighted by Gasteiger charge is 2.45. The molecule has 1 aliphatic carbocycles. The molecule has 3 aliphatic rings. The van der Waals surface area contributed by atoms with Gasteiger partial charge in [-0.25, -0.2) is 0 Å². The summed E-state index contributed by atoms with van der Waals surface area (Å²) in [6, 6.07) is 8.45. The zero-order valence-corrected chi connectivity index (χ0v) is 16.9. The lowest BCUT2D eigenvalue weighted by molar-refractivity contribution is -0.146. The van der Waals surface area contributed by atoms with E-state index in [1.165, 1.54) is 29.3 Å². The van der Waals surface area contributed by atoms with Crippen molar-refractivity contribution in [3.63, 3.8) is 0 Å². The van der Waals surface area contributed by atoms with Gasteiger partial charge in [0.2, 0.25) is 5.91 Å². The number of hydrogen-bond donors (Lipinski definition) is 1. The van der Waals surface area contributed by atoms with Gasteiger partial charge in [-0.2, -0.15) is 0 Å². The van der Waals surface area contributed by atoms with Crippen molar-refractivity contribution in [1.29, 1.82) is 0 Å². The van der Waals surface area contributed by atoms with Gasteiger partial charge < -0.3 is 19.4 Å². The van der Waals surface area contributed by atoms with Gasteiger partial charge in [0.05, 0.1) is 25.3 Å². The molecule has 6 heteroatoms. The molecule has 1 amide bonds. The number of likely N-dealkylation sites (tertiary alicyclic amines) is 1. The first-order valence-corrected chi connectivity index (χ1v) is 10.7. The normalized spacial score (nSPS) is 25.9. The van der Waals surface area contributed by atoms with Crippen molar-refractivity contribution >= 4 is 22.8 Å². The average Bonchev–Trinajstić information content (AvgIpc) is 3.40. The molecule has 2 aliphatic heterocycles. The molecule has 0 radical (unpaired) electrons. The summed E-state index contributed by atoms with van der Waals surface area (Å²) in [4.78, 5) is 30.4. The zero-order valence-electron chi connectivity index (χ0n) is 16.9. The Morgan fingerprint density at radius 1 is 1.17 bits per heavy atom. The summed E-state index contributed by atoms with van der Waals surface area (Å²) in [5.74, 6) is -0.163. The van der Waals surface area contributed by atoms with Crippen LogP contribution >= 0.6 is 0 Å². The van der Waals surface area contributed by atoms with E-state index in [0.717, 1.165) is 38.7 Å². The minimum Gasteiger partial charge on any atom is -0.469 e. The predicted octanol–water partition coefficient (Wildman–Crippen LogP) is 3.15. The van der Waals surface area contributed by atoms with Crippen LogP contribution in [-0.4, -0.2) is 48.6 Å². The zero-order chi connectivity index (χ0) is 20.0. The number of carbonyl (C=O) groups is 2. The molecule has 2 aromatic rings. The summed E-state index contributed by atoms with van der Waals surface area (Å²) in [5.41, 5.74) is 3.45. The molecule has 154 valence electrons. The largest absolute Gasteiger partial charge is 0.469 e. The second-order valence-corrected chi connectivity index (χ2v) is 8.67. The fourth-order valence-corrected chi connectivity index (χ4v) is 5.60. The number of ether oxygens (including phenoxy) is 2. The monoisotopic (exact) mass is 396 g/mol. The standard InChI is InChI=1S/C23H28N2O4/c1-28-22(27)16-7-6-15(14-16)21(26)25-11-9-23(10-12-25)20-18(8-13-29-23)17-4-2-3-5-19(17)24-20/h2-5,15-16,24H,6-14H2,1H3/t15-,16+/m0/s1. The van der Waals surface area contributed by atoms with E-state index in [-0.39, 0.29) is 29.3 Å². The van der Waals surface area contributed by atoms with Crippen LogP contribution in [0.3, 0.4) is 0 Å². The van der Waals surface area contributed by atoms with Gasteiger partial charge in [0.15, 0.2) is 0 Å². The number of hydrogen-bond acceptors (Lipinski definition) is 4. The number of rotatable bonds is 2. The van der Waals surface area contributed by atoms with Crippen LogP contribution in [0.2, 0.25) is 0 Å². The van der Waals surface area contributed by atoms with E-state index in [1.54, 1.807) is 0 Å². The first-order chi connectivity index (χ1) is 14.1. The minimum absolute atomic E-state index is 0.0518. The fourth-order valence-electron chi connectivity index (χ4n) is 5.60. The molecule has 0 unspecified atom stereocenters. The number of aromatic nitrogens is 1. The maximum atomic E-state index is 13.0. The molecule has 1 saturated carbocycles. The van der Waals surface area contributed by atoms with E-state index in [9.17, 15) is 9.59 Å². The second kappa shape index (κ2) is 7.17. The number of para-hydroxylation sites is 1. The summed E-state index contributed by atoms with van der Waals surface area (Å²) < 4.78 is 11.2. The average molecular weight is 396 g/mol. The molecule has 0 bridgehead atoms. The van der Waals surface area contributed by atoms with Crippen molar-refractivity contribution in [2.75, 3.05) is 26.8 Å². The summed E-state index contributed by atoms with van der Waals surface area (Å²) in [7, 11) is 1.42. The van der Waals surface area contributed by atoms with Gasteiger partial charge in [0.25, 0.3) is 0 Å². The number of aromatic amines is 1. The van der Waals surface area contributed by atoms with Crippen LogP contribution in [0.4, 0.5) is 0 Å². The Balaban J connectivity index is 1.30. The van der Waals surface area contributed by atoms with Gasteiger partial charge in [-0.05, 0) is 50.2 Å². The third-order valence-corrected chi connectivity index (χ3v) is 7.20. The molecule has 2 atom stereocenters. The Morgan fingerprint density at radius 2 is 1.93 bits per heavy atom. The maximum Gasteiger partial charge on any atom is 0.308 e. The van der Waals surface area contributed by atoms with Crippen molar-refractivity contribution < 1.29 is 19.1 Å². The molecule has 1 aromatic heterocycles. The topological polar surface area (TPSA) is 71.6 Å². The summed E-state index contributed by atoms with van der Waals surface area (Å²) in [6.07, 6.45) is 4.71. The number of H-pyrrole nitrogens is 1. The van der Waals surface area contributed by atoms with Gasteiger partial charge in [0, 0.05) is 29.9 Å². The molecular formula is C23H28N2O4. The van der Waals surface area contributed by atoms with Crippen molar-refractivity contribution in [3.05, 3.63) is 35.5 Å². The summed E-state index contributed by atoms with van der Waals surface area (Å²) in [6.45, 7) is 2.13. The van der Waals surface area contributed by atoms with E-state index in [2.05, 4.69) is 29.2 Å². The summed E-state index contributed by atoms with van der Waals surface area (Å²) in [5, 5.41) is 1.29. The number of fused-ring (bicyclic) bond motifs is 4. The van der Waals surface area contributed by atoms with Crippen LogP contribution in [0.15, 0.2) is 24.3 Å². The van der Waals surface area contributed by atoms with Crippen molar-refractivity contribution in [2.45, 2.75) is 44.1 Å². The van der Waals surface area contributed by atoms with Gasteiger partial charge in [-0.1, -0.05) is 18.2 Å². The Bertz CT molecular complexity index is 942. The minimum atomic E-state index is -0.312. The quantitative estimate of drug-likeness (QED) is 0.792. The van der Waals surface area contributed by atoms with Crippen LogP contribution in [0.25, 0.3) is 10.9 Å². The van der Waals surface area contributed by atoms with E-state index < -0.39 is 0 Å². The number of amides is 1. The Labute approximate surface area is 170 Å².